The summed E-state index contributed by atoms with van der Waals surface area (Å²) in [7, 11) is 5.56. The van der Waals surface area contributed by atoms with E-state index in [0.29, 0.717) is 28.7 Å². The third kappa shape index (κ3) is 4.96. The molecule has 1 rings (SSSR count). The minimum atomic E-state index is 0.430. The second-order valence-electron chi connectivity index (χ2n) is 4.28. The molecule has 106 valence electrons. The Bertz CT molecular complexity index is 436. The summed E-state index contributed by atoms with van der Waals surface area (Å²) in [6.07, 6.45) is 2.18. The Labute approximate surface area is 118 Å². The summed E-state index contributed by atoms with van der Waals surface area (Å²) >= 11 is 6.13. The zero-order chi connectivity index (χ0) is 14.3. The van der Waals surface area contributed by atoms with Crippen LogP contribution in [0.15, 0.2) is 17.3 Å². The van der Waals surface area contributed by atoms with Gasteiger partial charge in [-0.25, -0.2) is 0 Å². The Morgan fingerprint density at radius 2 is 2.16 bits per heavy atom. The minimum absolute atomic E-state index is 0.430. The van der Waals surface area contributed by atoms with Crippen molar-refractivity contribution in [2.24, 2.45) is 5.16 Å². The number of nitrogens with zero attached hydrogens (tertiary/aromatic N) is 2. The van der Waals surface area contributed by atoms with Gasteiger partial charge in [0.25, 0.3) is 0 Å². The van der Waals surface area contributed by atoms with E-state index in [1.165, 1.54) is 13.3 Å². The van der Waals surface area contributed by atoms with Crippen LogP contribution in [-0.2, 0) is 0 Å². The first-order valence-electron chi connectivity index (χ1n) is 5.91. The van der Waals surface area contributed by atoms with Crippen molar-refractivity contribution in [2.45, 2.75) is 6.42 Å². The van der Waals surface area contributed by atoms with Crippen molar-refractivity contribution in [1.29, 1.82) is 0 Å². The van der Waals surface area contributed by atoms with E-state index in [4.69, 9.17) is 26.3 Å². The molecule has 0 saturated carbocycles. The lowest BCUT2D eigenvalue weighted by Gasteiger charge is -2.14. The van der Waals surface area contributed by atoms with Crippen molar-refractivity contribution in [3.05, 3.63) is 22.7 Å². The summed E-state index contributed by atoms with van der Waals surface area (Å²) in [6, 6.07) is 3.36. The van der Waals surface area contributed by atoms with E-state index in [0.717, 1.165) is 13.0 Å². The second kappa shape index (κ2) is 7.86. The molecule has 0 heterocycles. The molecule has 1 N–H and O–H groups in total. The normalized spacial score (nSPS) is 11.2. The van der Waals surface area contributed by atoms with Crippen LogP contribution < -0.4 is 9.47 Å². The highest BCUT2D eigenvalue weighted by atomic mass is 35.5. The maximum absolute atomic E-state index is 8.52. The lowest BCUT2D eigenvalue weighted by Crippen LogP contribution is -2.15. The van der Waals surface area contributed by atoms with Gasteiger partial charge in [0.1, 0.15) is 0 Å². The van der Waals surface area contributed by atoms with Gasteiger partial charge in [0, 0.05) is 12.1 Å². The Morgan fingerprint density at radius 1 is 1.42 bits per heavy atom. The number of ether oxygens (including phenoxy) is 2. The van der Waals surface area contributed by atoms with Gasteiger partial charge >= 0.3 is 0 Å². The molecular formula is C13H19ClN2O3. The van der Waals surface area contributed by atoms with Crippen LogP contribution in [0.1, 0.15) is 12.0 Å². The second-order valence-corrected chi connectivity index (χ2v) is 4.69. The van der Waals surface area contributed by atoms with Gasteiger partial charge < -0.3 is 19.6 Å². The average molecular weight is 287 g/mol. The van der Waals surface area contributed by atoms with Crippen LogP contribution in [0.4, 0.5) is 0 Å². The summed E-state index contributed by atoms with van der Waals surface area (Å²) in [5.74, 6) is 1.03. The quantitative estimate of drug-likeness (QED) is 0.362. The smallest absolute Gasteiger partial charge is 0.179 e. The number of hydrogen-bond acceptors (Lipinski definition) is 5. The fraction of sp³-hybridized carbons (Fsp3) is 0.462. The lowest BCUT2D eigenvalue weighted by atomic mass is 10.2. The molecule has 19 heavy (non-hydrogen) atoms. The molecule has 0 unspecified atom stereocenters. The lowest BCUT2D eigenvalue weighted by molar-refractivity contribution is 0.268. The molecule has 1 aromatic rings. The summed E-state index contributed by atoms with van der Waals surface area (Å²) < 4.78 is 10.9. The van der Waals surface area contributed by atoms with Crippen molar-refractivity contribution in [1.82, 2.24) is 4.90 Å². The fourth-order valence-corrected chi connectivity index (χ4v) is 1.85. The number of halogens is 1. The molecule has 1 aromatic carbocycles. The number of benzene rings is 1. The Hall–Kier alpha value is -1.46. The maximum Gasteiger partial charge on any atom is 0.179 e. The first-order chi connectivity index (χ1) is 9.08. The monoisotopic (exact) mass is 286 g/mol. The Morgan fingerprint density at radius 3 is 2.74 bits per heavy atom. The zero-order valence-electron chi connectivity index (χ0n) is 11.4. The molecule has 0 amide bonds. The predicted molar refractivity (Wildman–Crippen MR) is 76.1 cm³/mol. The first kappa shape index (κ1) is 15.6. The topological polar surface area (TPSA) is 54.3 Å². The molecule has 0 saturated heterocycles. The highest BCUT2D eigenvalue weighted by molar-refractivity contribution is 6.32. The molecule has 0 aliphatic heterocycles. The molecule has 0 radical (unpaired) electrons. The molecule has 0 bridgehead atoms. The third-order valence-corrected chi connectivity index (χ3v) is 2.74. The first-order valence-corrected chi connectivity index (χ1v) is 6.28. The van der Waals surface area contributed by atoms with Crippen LogP contribution >= 0.6 is 11.6 Å². The molecular weight excluding hydrogens is 268 g/mol. The summed E-state index contributed by atoms with van der Waals surface area (Å²) in [5, 5.41) is 11.9. The molecule has 5 nitrogen and oxygen atoms in total. The van der Waals surface area contributed by atoms with E-state index in [1.807, 2.05) is 14.1 Å². The van der Waals surface area contributed by atoms with E-state index in [9.17, 15) is 0 Å². The number of oxime groups is 1. The van der Waals surface area contributed by atoms with Crippen molar-refractivity contribution >= 4 is 17.8 Å². The number of hydrogen-bond donors (Lipinski definition) is 1. The number of rotatable bonds is 7. The summed E-state index contributed by atoms with van der Waals surface area (Å²) in [4.78, 5) is 2.09. The van der Waals surface area contributed by atoms with Crippen LogP contribution in [0.5, 0.6) is 11.5 Å². The van der Waals surface area contributed by atoms with Crippen LogP contribution in [0.3, 0.4) is 0 Å². The van der Waals surface area contributed by atoms with Gasteiger partial charge in [-0.2, -0.15) is 0 Å². The average Bonchev–Trinajstić information content (AvgIpc) is 2.36. The number of methoxy groups -OCH3 is 1. The molecule has 0 aliphatic carbocycles. The maximum atomic E-state index is 8.52. The molecule has 0 atom stereocenters. The molecule has 6 heteroatoms. The van der Waals surface area contributed by atoms with E-state index in [2.05, 4.69) is 10.1 Å². The van der Waals surface area contributed by atoms with Crippen LogP contribution in [-0.4, -0.2) is 50.7 Å². The standard InChI is InChI=1S/C13H19ClN2O3/c1-16(2)5-4-6-19-13-11(14)7-10(9-15-17)8-12(13)18-3/h7-9,17H,4-6H2,1-3H3. The van der Waals surface area contributed by atoms with Crippen LogP contribution in [0.2, 0.25) is 5.02 Å². The van der Waals surface area contributed by atoms with Gasteiger partial charge in [0.15, 0.2) is 11.5 Å². The molecule has 0 spiro atoms. The van der Waals surface area contributed by atoms with Gasteiger partial charge in [0.2, 0.25) is 0 Å². The Kier molecular flexibility index (Phi) is 6.45. The van der Waals surface area contributed by atoms with Crippen molar-refractivity contribution in [3.63, 3.8) is 0 Å². The summed E-state index contributed by atoms with van der Waals surface area (Å²) in [6.45, 7) is 1.50. The highest BCUT2D eigenvalue weighted by Gasteiger charge is 2.11. The van der Waals surface area contributed by atoms with Crippen LogP contribution in [0.25, 0.3) is 0 Å². The van der Waals surface area contributed by atoms with Crippen molar-refractivity contribution < 1.29 is 14.7 Å². The molecule has 0 aliphatic rings. The highest BCUT2D eigenvalue weighted by Crippen LogP contribution is 2.36. The van der Waals surface area contributed by atoms with Crippen molar-refractivity contribution in [3.8, 4) is 11.5 Å². The largest absolute Gasteiger partial charge is 0.493 e. The predicted octanol–water partition coefficient (Wildman–Crippen LogP) is 2.49. The summed E-state index contributed by atoms with van der Waals surface area (Å²) in [5.41, 5.74) is 0.644. The van der Waals surface area contributed by atoms with Gasteiger partial charge in [0.05, 0.1) is 25.0 Å². The van der Waals surface area contributed by atoms with E-state index < -0.39 is 0 Å². The molecule has 0 aromatic heterocycles. The van der Waals surface area contributed by atoms with Gasteiger partial charge in [-0.1, -0.05) is 16.8 Å². The van der Waals surface area contributed by atoms with E-state index >= 15 is 0 Å². The van der Waals surface area contributed by atoms with Gasteiger partial charge in [-0.15, -0.1) is 0 Å². The fourth-order valence-electron chi connectivity index (χ4n) is 1.58. The third-order valence-electron chi connectivity index (χ3n) is 2.45. The SMILES string of the molecule is COc1cc(C=NO)cc(Cl)c1OCCCN(C)C. The Balaban J connectivity index is 2.76. The minimum Gasteiger partial charge on any atom is -0.493 e. The van der Waals surface area contributed by atoms with Gasteiger partial charge in [-0.05, 0) is 32.6 Å². The van der Waals surface area contributed by atoms with E-state index in [1.54, 1.807) is 12.1 Å². The van der Waals surface area contributed by atoms with Crippen LogP contribution in [0, 0.1) is 0 Å². The molecule has 0 fully saturated rings. The van der Waals surface area contributed by atoms with E-state index in [-0.39, 0.29) is 0 Å². The van der Waals surface area contributed by atoms with Gasteiger partial charge in [-0.3, -0.25) is 0 Å². The van der Waals surface area contributed by atoms with Crippen molar-refractivity contribution in [2.75, 3.05) is 34.4 Å². The zero-order valence-corrected chi connectivity index (χ0v) is 12.1.